The Morgan fingerprint density at radius 1 is 0.939 bits per heavy atom. The molecule has 0 aliphatic rings. The summed E-state index contributed by atoms with van der Waals surface area (Å²) in [5, 5.41) is 0. The summed E-state index contributed by atoms with van der Waals surface area (Å²) in [4.78, 5) is 12.2. The van der Waals surface area contributed by atoms with Crippen LogP contribution in [0.1, 0.15) is 69.3 Å². The fourth-order valence-electron chi connectivity index (χ4n) is 3.21. The average Bonchev–Trinajstić information content (AvgIpc) is 2.86. The Hall–Kier alpha value is -2.19. The van der Waals surface area contributed by atoms with Crippen molar-refractivity contribution in [3.8, 4) is 11.5 Å². The molecule has 0 spiro atoms. The van der Waals surface area contributed by atoms with Crippen LogP contribution in [0.5, 0.6) is 11.5 Å². The summed E-state index contributed by atoms with van der Waals surface area (Å²) >= 11 is 0. The topological polar surface area (TPSA) is 63.2 Å². The molecule has 7 heteroatoms. The highest BCUT2D eigenvalue weighted by Crippen LogP contribution is 2.24. The Morgan fingerprint density at radius 2 is 1.58 bits per heavy atom. The van der Waals surface area contributed by atoms with Crippen LogP contribution < -0.4 is 10.2 Å². The highest BCUT2D eigenvalue weighted by atomic mass is 16.7. The molecule has 0 aliphatic heterocycles. The molecular formula is C26H39BO6. The second-order valence-corrected chi connectivity index (χ2v) is 7.20. The second kappa shape index (κ2) is 16.4. The lowest BCUT2D eigenvalue weighted by Gasteiger charge is -2.19. The van der Waals surface area contributed by atoms with Crippen LogP contribution in [0, 0.1) is 0 Å². The third kappa shape index (κ3) is 9.30. The predicted molar refractivity (Wildman–Crippen MR) is 133 cm³/mol. The third-order valence-electron chi connectivity index (χ3n) is 4.99. The first-order valence-corrected chi connectivity index (χ1v) is 11.7. The lowest BCUT2D eigenvalue weighted by molar-refractivity contribution is -0.132. The molecule has 0 saturated heterocycles. The first-order valence-electron chi connectivity index (χ1n) is 11.7. The number of methoxy groups -OCH3 is 1. The van der Waals surface area contributed by atoms with Gasteiger partial charge in [0.25, 0.3) is 0 Å². The number of unbranched alkanes of at least 4 members (excludes halogenated alkanes) is 1. The van der Waals surface area contributed by atoms with Gasteiger partial charge in [-0.05, 0) is 60.3 Å². The molecule has 6 nitrogen and oxygen atoms in total. The molecule has 0 amide bonds. The van der Waals surface area contributed by atoms with Gasteiger partial charge in [0.1, 0.15) is 11.5 Å². The minimum Gasteiger partial charge on any atom is -0.457 e. The molecule has 1 atom stereocenters. The van der Waals surface area contributed by atoms with Crippen LogP contribution in [0.3, 0.4) is 0 Å². The third-order valence-corrected chi connectivity index (χ3v) is 4.99. The van der Waals surface area contributed by atoms with E-state index < -0.39 is 7.12 Å². The summed E-state index contributed by atoms with van der Waals surface area (Å²) in [5.41, 5.74) is 2.45. The van der Waals surface area contributed by atoms with Crippen LogP contribution in [-0.2, 0) is 25.4 Å². The molecule has 2 aromatic carbocycles. The highest BCUT2D eigenvalue weighted by Gasteiger charge is 2.23. The van der Waals surface area contributed by atoms with Crippen molar-refractivity contribution < 1.29 is 28.3 Å². The van der Waals surface area contributed by atoms with E-state index in [0.717, 1.165) is 30.3 Å². The maximum Gasteiger partial charge on any atom is 0.493 e. The molecule has 0 bridgehead atoms. The molecule has 0 aliphatic carbocycles. The first kappa shape index (κ1) is 28.8. The lowest BCUT2D eigenvalue weighted by Crippen LogP contribution is -2.37. The number of carbonyl (C=O) groups is 1. The number of carbonyl (C=O) groups excluding carboxylic acids is 1. The van der Waals surface area contributed by atoms with Crippen molar-refractivity contribution in [1.82, 2.24) is 0 Å². The Bertz CT molecular complexity index is 801. The summed E-state index contributed by atoms with van der Waals surface area (Å²) in [6, 6.07) is 12.9. The zero-order chi connectivity index (χ0) is 24.6. The number of hydrogen-bond acceptors (Lipinski definition) is 6. The standard InChI is InChI=1S/C24H33BO6.C2H6/c1-6-8-9-23(26)18-10-12-20(13-11-18)31-21-14-15-22(25(28-4)29-5)19(16-21)17-30-24(7-2)27-3;1-2/h10-16,24H,6-9,17H2,1-5H3;1-2H3. The van der Waals surface area contributed by atoms with Crippen LogP contribution in [0.2, 0.25) is 0 Å². The van der Waals surface area contributed by atoms with Crippen LogP contribution in [0.15, 0.2) is 42.5 Å². The minimum atomic E-state index is -0.510. The Morgan fingerprint density at radius 3 is 2.12 bits per heavy atom. The molecule has 0 fully saturated rings. The van der Waals surface area contributed by atoms with E-state index >= 15 is 0 Å². The summed E-state index contributed by atoms with van der Waals surface area (Å²) in [7, 11) is 4.30. The van der Waals surface area contributed by atoms with Crippen LogP contribution in [0.4, 0.5) is 0 Å². The fraction of sp³-hybridized carbons (Fsp3) is 0.500. The minimum absolute atomic E-state index is 0.158. The van der Waals surface area contributed by atoms with E-state index in [-0.39, 0.29) is 12.1 Å². The molecule has 1 unspecified atom stereocenters. The van der Waals surface area contributed by atoms with Gasteiger partial charge in [0, 0.05) is 33.3 Å². The van der Waals surface area contributed by atoms with E-state index in [4.69, 9.17) is 23.5 Å². The lowest BCUT2D eigenvalue weighted by atomic mass is 9.76. The summed E-state index contributed by atoms with van der Waals surface area (Å²) in [5.74, 6) is 1.47. The zero-order valence-corrected chi connectivity index (χ0v) is 21.2. The molecule has 33 heavy (non-hydrogen) atoms. The van der Waals surface area contributed by atoms with Gasteiger partial charge in [-0.3, -0.25) is 4.79 Å². The van der Waals surface area contributed by atoms with Gasteiger partial charge in [0.15, 0.2) is 12.1 Å². The molecule has 0 N–H and O–H groups in total. The SMILES string of the molecule is CC.CCCCC(=O)c1ccc(Oc2ccc(B(OC)OC)c(COC(CC)OC)c2)cc1. The molecular weight excluding hydrogens is 419 g/mol. The summed E-state index contributed by atoms with van der Waals surface area (Å²) in [6.07, 6.45) is 2.93. The highest BCUT2D eigenvalue weighted by molar-refractivity contribution is 6.61. The van der Waals surface area contributed by atoms with E-state index in [2.05, 4.69) is 6.92 Å². The van der Waals surface area contributed by atoms with Gasteiger partial charge in [-0.25, -0.2) is 0 Å². The van der Waals surface area contributed by atoms with Crippen molar-refractivity contribution in [3.63, 3.8) is 0 Å². The van der Waals surface area contributed by atoms with Crippen LogP contribution in [0.25, 0.3) is 0 Å². The summed E-state index contributed by atoms with van der Waals surface area (Å²) < 4.78 is 28.0. The number of Topliss-reactive ketones (excluding diaryl/α,β-unsaturated/α-hetero) is 1. The molecule has 0 radical (unpaired) electrons. The monoisotopic (exact) mass is 458 g/mol. The number of benzene rings is 2. The first-order chi connectivity index (χ1) is 16.1. The summed E-state index contributed by atoms with van der Waals surface area (Å²) in [6.45, 7) is 8.40. The van der Waals surface area contributed by atoms with E-state index in [1.54, 1.807) is 21.3 Å². The average molecular weight is 458 g/mol. The van der Waals surface area contributed by atoms with Gasteiger partial charge in [-0.1, -0.05) is 40.2 Å². The normalized spacial score (nSPS) is 11.4. The quantitative estimate of drug-likeness (QED) is 0.204. The van der Waals surface area contributed by atoms with Gasteiger partial charge >= 0.3 is 7.12 Å². The van der Waals surface area contributed by atoms with Gasteiger partial charge in [0.2, 0.25) is 0 Å². The maximum absolute atomic E-state index is 12.2. The van der Waals surface area contributed by atoms with E-state index in [1.807, 2.05) is 63.2 Å². The molecule has 0 aromatic heterocycles. The predicted octanol–water partition coefficient (Wildman–Crippen LogP) is 5.77. The zero-order valence-electron chi connectivity index (χ0n) is 21.2. The molecule has 2 rings (SSSR count). The molecule has 0 heterocycles. The van der Waals surface area contributed by atoms with Gasteiger partial charge < -0.3 is 23.5 Å². The fourth-order valence-corrected chi connectivity index (χ4v) is 3.21. The van der Waals surface area contributed by atoms with Crippen molar-refractivity contribution in [3.05, 3.63) is 53.6 Å². The number of ketones is 1. The largest absolute Gasteiger partial charge is 0.493 e. The Labute approximate surface area is 199 Å². The molecule has 0 saturated carbocycles. The van der Waals surface area contributed by atoms with Gasteiger partial charge in [-0.2, -0.15) is 0 Å². The van der Waals surface area contributed by atoms with E-state index in [1.165, 1.54) is 0 Å². The van der Waals surface area contributed by atoms with Crippen LogP contribution in [-0.4, -0.2) is 40.5 Å². The van der Waals surface area contributed by atoms with Crippen molar-refractivity contribution in [2.75, 3.05) is 21.3 Å². The van der Waals surface area contributed by atoms with Crippen molar-refractivity contribution in [1.29, 1.82) is 0 Å². The van der Waals surface area contributed by atoms with Crippen molar-refractivity contribution >= 4 is 18.4 Å². The van der Waals surface area contributed by atoms with Gasteiger partial charge in [-0.15, -0.1) is 0 Å². The Balaban J connectivity index is 0.00000265. The van der Waals surface area contributed by atoms with Crippen molar-refractivity contribution in [2.24, 2.45) is 0 Å². The Kier molecular flexibility index (Phi) is 14.4. The number of hydrogen-bond donors (Lipinski definition) is 0. The van der Waals surface area contributed by atoms with Gasteiger partial charge in [0.05, 0.1) is 6.61 Å². The number of ether oxygens (including phenoxy) is 3. The molecule has 2 aromatic rings. The smallest absolute Gasteiger partial charge is 0.457 e. The van der Waals surface area contributed by atoms with E-state index in [9.17, 15) is 4.79 Å². The van der Waals surface area contributed by atoms with Crippen molar-refractivity contribution in [2.45, 2.75) is 66.3 Å². The maximum atomic E-state index is 12.2. The van der Waals surface area contributed by atoms with Crippen LogP contribution >= 0.6 is 0 Å². The molecule has 182 valence electrons. The number of rotatable bonds is 14. The second-order valence-electron chi connectivity index (χ2n) is 7.20. The van der Waals surface area contributed by atoms with E-state index in [0.29, 0.717) is 30.1 Å².